The minimum absolute atomic E-state index is 0.0436. The zero-order valence-corrected chi connectivity index (χ0v) is 18.5. The van der Waals surface area contributed by atoms with Gasteiger partial charge in [0.1, 0.15) is 5.75 Å². The van der Waals surface area contributed by atoms with E-state index in [2.05, 4.69) is 10.5 Å². The first kappa shape index (κ1) is 24.3. The molecule has 0 bridgehead atoms. The molecule has 0 radical (unpaired) electrons. The summed E-state index contributed by atoms with van der Waals surface area (Å²) in [5.74, 6) is -0.947. The maximum atomic E-state index is 12.1. The highest BCUT2D eigenvalue weighted by Crippen LogP contribution is 2.39. The highest BCUT2D eigenvalue weighted by Gasteiger charge is 2.25. The quantitative estimate of drug-likeness (QED) is 0.218. The van der Waals surface area contributed by atoms with E-state index < -0.39 is 22.5 Å². The van der Waals surface area contributed by atoms with Gasteiger partial charge in [-0.15, -0.1) is 0 Å². The van der Waals surface area contributed by atoms with E-state index in [1.54, 1.807) is 6.07 Å². The molecule has 0 aliphatic carbocycles. The summed E-state index contributed by atoms with van der Waals surface area (Å²) in [5, 5.41) is 15.3. The molecule has 170 valence electrons. The minimum atomic E-state index is -0.693. The Bertz CT molecular complexity index is 1040. The zero-order chi connectivity index (χ0) is 23.9. The number of nitro benzene ring substituents is 1. The second kappa shape index (κ2) is 10.4. The number of esters is 1. The molecule has 1 N–H and O–H groups in total. The van der Waals surface area contributed by atoms with E-state index in [0.717, 1.165) is 18.7 Å². The van der Waals surface area contributed by atoms with Crippen molar-refractivity contribution in [2.75, 3.05) is 13.7 Å². The number of benzene rings is 2. The van der Waals surface area contributed by atoms with Gasteiger partial charge in [-0.1, -0.05) is 39.0 Å². The number of hydrogen-bond donors (Lipinski definition) is 1. The van der Waals surface area contributed by atoms with E-state index in [0.29, 0.717) is 5.75 Å². The number of rotatable bonds is 8. The third-order valence-electron chi connectivity index (χ3n) is 4.21. The number of ether oxygens (including phenoxy) is 3. The Hall–Kier alpha value is -3.95. The average Bonchev–Trinajstić information content (AvgIpc) is 2.71. The van der Waals surface area contributed by atoms with Gasteiger partial charge in [-0.2, -0.15) is 5.10 Å². The maximum Gasteiger partial charge on any atom is 0.323 e. The summed E-state index contributed by atoms with van der Waals surface area (Å²) in [4.78, 5) is 34.2. The molecule has 2 aromatic carbocycles. The average molecular weight is 443 g/mol. The Labute approximate surface area is 185 Å². The number of para-hydroxylation sites is 1. The molecule has 0 saturated carbocycles. The van der Waals surface area contributed by atoms with E-state index in [1.807, 2.05) is 39.0 Å². The molecule has 0 unspecified atom stereocenters. The van der Waals surface area contributed by atoms with E-state index in [4.69, 9.17) is 14.2 Å². The van der Waals surface area contributed by atoms with Gasteiger partial charge in [-0.25, -0.2) is 5.43 Å². The Morgan fingerprint density at radius 1 is 1.16 bits per heavy atom. The van der Waals surface area contributed by atoms with Crippen LogP contribution in [0.2, 0.25) is 0 Å². The summed E-state index contributed by atoms with van der Waals surface area (Å²) in [6, 6.07) is 10.1. The molecule has 10 nitrogen and oxygen atoms in total. The van der Waals surface area contributed by atoms with Gasteiger partial charge < -0.3 is 14.2 Å². The van der Waals surface area contributed by atoms with Gasteiger partial charge in [0.25, 0.3) is 5.91 Å². The molecule has 0 fully saturated rings. The number of methoxy groups -OCH3 is 1. The van der Waals surface area contributed by atoms with Crippen LogP contribution in [0.4, 0.5) is 5.69 Å². The molecule has 10 heteroatoms. The molecule has 2 aromatic rings. The largest absolute Gasteiger partial charge is 0.488 e. The Balaban J connectivity index is 2.12. The van der Waals surface area contributed by atoms with Crippen LogP contribution in [0.15, 0.2) is 41.5 Å². The predicted octanol–water partition coefficient (Wildman–Crippen LogP) is 3.36. The van der Waals surface area contributed by atoms with Crippen molar-refractivity contribution >= 4 is 23.8 Å². The van der Waals surface area contributed by atoms with Crippen LogP contribution in [0.25, 0.3) is 0 Å². The molecule has 2 rings (SSSR count). The summed E-state index contributed by atoms with van der Waals surface area (Å²) in [6.45, 7) is 6.98. The van der Waals surface area contributed by atoms with Crippen LogP contribution >= 0.6 is 0 Å². The van der Waals surface area contributed by atoms with E-state index in [9.17, 15) is 19.7 Å². The first-order chi connectivity index (χ1) is 15.0. The van der Waals surface area contributed by atoms with Gasteiger partial charge in [0.2, 0.25) is 5.75 Å². The molecule has 0 spiro atoms. The van der Waals surface area contributed by atoms with Crippen molar-refractivity contribution in [2.24, 2.45) is 5.10 Å². The molecule has 0 atom stereocenters. The van der Waals surface area contributed by atoms with Crippen molar-refractivity contribution in [1.29, 1.82) is 0 Å². The molecular weight excluding hydrogens is 418 g/mol. The summed E-state index contributed by atoms with van der Waals surface area (Å²) in [5.41, 5.74) is 2.64. The Morgan fingerprint density at radius 2 is 1.84 bits per heavy atom. The second-order valence-corrected chi connectivity index (χ2v) is 7.71. The number of hydrogen-bond acceptors (Lipinski definition) is 8. The minimum Gasteiger partial charge on any atom is -0.488 e. The second-order valence-electron chi connectivity index (χ2n) is 7.71. The van der Waals surface area contributed by atoms with Crippen molar-refractivity contribution in [1.82, 2.24) is 5.43 Å². The topological polar surface area (TPSA) is 129 Å². The van der Waals surface area contributed by atoms with E-state index >= 15 is 0 Å². The standard InChI is InChI=1S/C22H25N3O7/c1-14(26)32-18-11-10-15(20(25(28)29)21(18)30-5)12-23-24-19(27)13-31-17-9-7-6-8-16(17)22(2,3)4/h6-12H,13H2,1-5H3,(H,24,27)/b23-12-. The zero-order valence-electron chi connectivity index (χ0n) is 18.5. The van der Waals surface area contributed by atoms with Crippen LogP contribution in [0.5, 0.6) is 17.2 Å². The van der Waals surface area contributed by atoms with Crippen LogP contribution in [0.3, 0.4) is 0 Å². The SMILES string of the molecule is COc1c(OC(C)=O)ccc(/C=N\NC(=O)COc2ccccc2C(C)(C)C)c1[N+](=O)[O-]. The number of amides is 1. The van der Waals surface area contributed by atoms with Crippen molar-refractivity contribution in [3.05, 3.63) is 57.6 Å². The van der Waals surface area contributed by atoms with Crippen LogP contribution in [-0.4, -0.2) is 36.7 Å². The maximum absolute atomic E-state index is 12.1. The van der Waals surface area contributed by atoms with Gasteiger partial charge in [-0.05, 0) is 29.2 Å². The van der Waals surface area contributed by atoms with Crippen LogP contribution < -0.4 is 19.6 Å². The fourth-order valence-corrected chi connectivity index (χ4v) is 2.85. The summed E-state index contributed by atoms with van der Waals surface area (Å²) in [6.07, 6.45) is 1.10. The number of nitrogens with zero attached hydrogens (tertiary/aromatic N) is 2. The lowest BCUT2D eigenvalue weighted by atomic mass is 9.86. The van der Waals surface area contributed by atoms with Crippen molar-refractivity contribution in [2.45, 2.75) is 33.1 Å². The lowest BCUT2D eigenvalue weighted by Crippen LogP contribution is -2.25. The third kappa shape index (κ3) is 6.27. The third-order valence-corrected chi connectivity index (χ3v) is 4.21. The van der Waals surface area contributed by atoms with Gasteiger partial charge in [-0.3, -0.25) is 19.7 Å². The Kier molecular flexibility index (Phi) is 7.89. The fraction of sp³-hybridized carbons (Fsp3) is 0.318. The van der Waals surface area contributed by atoms with E-state index in [-0.39, 0.29) is 29.1 Å². The lowest BCUT2D eigenvalue weighted by molar-refractivity contribution is -0.385. The van der Waals surface area contributed by atoms with Crippen LogP contribution in [0.1, 0.15) is 38.8 Å². The van der Waals surface area contributed by atoms with E-state index in [1.165, 1.54) is 19.2 Å². The van der Waals surface area contributed by atoms with Crippen molar-refractivity contribution in [3.8, 4) is 17.2 Å². The smallest absolute Gasteiger partial charge is 0.323 e. The fourth-order valence-electron chi connectivity index (χ4n) is 2.85. The highest BCUT2D eigenvalue weighted by molar-refractivity contribution is 5.90. The predicted molar refractivity (Wildman–Crippen MR) is 117 cm³/mol. The first-order valence-corrected chi connectivity index (χ1v) is 9.62. The molecule has 1 amide bonds. The molecule has 0 aliphatic rings. The molecule has 0 saturated heterocycles. The van der Waals surface area contributed by atoms with Crippen molar-refractivity contribution in [3.63, 3.8) is 0 Å². The molecular formula is C22H25N3O7. The van der Waals surface area contributed by atoms with Crippen LogP contribution in [-0.2, 0) is 15.0 Å². The number of carbonyl (C=O) groups excluding carboxylic acids is 2. The number of hydrazone groups is 1. The molecule has 32 heavy (non-hydrogen) atoms. The highest BCUT2D eigenvalue weighted by atomic mass is 16.6. The monoisotopic (exact) mass is 443 g/mol. The number of nitro groups is 1. The van der Waals surface area contributed by atoms with Gasteiger partial charge in [0.15, 0.2) is 12.4 Å². The van der Waals surface area contributed by atoms with Gasteiger partial charge >= 0.3 is 11.7 Å². The first-order valence-electron chi connectivity index (χ1n) is 9.62. The van der Waals surface area contributed by atoms with Gasteiger partial charge in [0, 0.05) is 6.92 Å². The molecule has 0 heterocycles. The number of carbonyl (C=O) groups is 2. The molecule has 0 aromatic heterocycles. The summed E-state index contributed by atoms with van der Waals surface area (Å²) < 4.78 is 15.6. The lowest BCUT2D eigenvalue weighted by Gasteiger charge is -2.22. The van der Waals surface area contributed by atoms with Gasteiger partial charge in [0.05, 0.1) is 23.8 Å². The van der Waals surface area contributed by atoms with Crippen molar-refractivity contribution < 1.29 is 28.7 Å². The summed E-state index contributed by atoms with van der Waals surface area (Å²) in [7, 11) is 1.21. The molecule has 0 aliphatic heterocycles. The Morgan fingerprint density at radius 3 is 2.44 bits per heavy atom. The summed E-state index contributed by atoms with van der Waals surface area (Å²) >= 11 is 0. The van der Waals surface area contributed by atoms with Crippen LogP contribution in [0, 0.1) is 10.1 Å². The normalized spacial score (nSPS) is 11.2. The number of nitrogens with one attached hydrogen (secondary N) is 1.